The van der Waals surface area contributed by atoms with Gasteiger partial charge in [-0.15, -0.1) is 0 Å². The number of rotatable bonds is 3. The lowest BCUT2D eigenvalue weighted by molar-refractivity contribution is 0.141. The maximum absolute atomic E-state index is 9.74. The molecule has 0 bridgehead atoms. The number of para-hydroxylation sites is 1. The summed E-state index contributed by atoms with van der Waals surface area (Å²) in [6.45, 7) is 6.88. The zero-order chi connectivity index (χ0) is 13.2. The first-order chi connectivity index (χ1) is 8.64. The van der Waals surface area contributed by atoms with E-state index in [2.05, 4.69) is 32.2 Å². The highest BCUT2D eigenvalue weighted by molar-refractivity contribution is 5.45. The number of nitriles is 1. The first-order valence-electron chi connectivity index (χ1n) is 6.55. The van der Waals surface area contributed by atoms with E-state index in [9.17, 15) is 5.26 Å². The lowest BCUT2D eigenvalue weighted by Crippen LogP contribution is -2.53. The molecule has 3 unspecified atom stereocenters. The molecule has 1 aliphatic rings. The summed E-state index contributed by atoms with van der Waals surface area (Å²) in [5, 5.41) is 13.2. The first-order valence-corrected chi connectivity index (χ1v) is 6.55. The fourth-order valence-corrected chi connectivity index (χ4v) is 2.44. The number of hydrogen-bond donors (Lipinski definition) is 1. The van der Waals surface area contributed by atoms with Gasteiger partial charge in [-0.3, -0.25) is 5.32 Å². The molecule has 3 nitrogen and oxygen atoms in total. The maximum Gasteiger partial charge on any atom is 0.141 e. The molecule has 1 aromatic rings. The van der Waals surface area contributed by atoms with Gasteiger partial charge in [0.05, 0.1) is 12.7 Å². The van der Waals surface area contributed by atoms with Crippen molar-refractivity contribution in [2.75, 3.05) is 6.61 Å². The van der Waals surface area contributed by atoms with Crippen molar-refractivity contribution in [1.82, 2.24) is 5.32 Å². The Kier molecular flexibility index (Phi) is 3.58. The highest BCUT2D eigenvalue weighted by atomic mass is 16.5. The number of hydrogen-bond acceptors (Lipinski definition) is 3. The zero-order valence-corrected chi connectivity index (χ0v) is 11.2. The molecule has 1 N–H and O–H groups in total. The van der Waals surface area contributed by atoms with E-state index >= 15 is 0 Å². The predicted octanol–water partition coefficient (Wildman–Crippen LogP) is 2.82. The van der Waals surface area contributed by atoms with Gasteiger partial charge in [0, 0.05) is 17.5 Å². The fraction of sp³-hybridized carbons (Fsp3) is 0.533. The van der Waals surface area contributed by atoms with Gasteiger partial charge in [0.1, 0.15) is 11.3 Å². The van der Waals surface area contributed by atoms with Gasteiger partial charge in [0.15, 0.2) is 0 Å². The van der Waals surface area contributed by atoms with Gasteiger partial charge in [0.2, 0.25) is 0 Å². The van der Waals surface area contributed by atoms with Crippen molar-refractivity contribution in [1.29, 1.82) is 5.26 Å². The van der Waals surface area contributed by atoms with E-state index in [1.165, 1.54) is 0 Å². The zero-order valence-electron chi connectivity index (χ0n) is 11.2. The summed E-state index contributed by atoms with van der Waals surface area (Å²) in [7, 11) is 0. The summed E-state index contributed by atoms with van der Waals surface area (Å²) >= 11 is 0. The van der Waals surface area contributed by atoms with Crippen molar-refractivity contribution in [3.05, 3.63) is 29.8 Å². The Balaban J connectivity index is 2.48. The third-order valence-corrected chi connectivity index (χ3v) is 3.80. The van der Waals surface area contributed by atoms with Gasteiger partial charge < -0.3 is 4.74 Å². The van der Waals surface area contributed by atoms with Crippen LogP contribution < -0.4 is 10.1 Å². The maximum atomic E-state index is 9.74. The molecule has 0 fully saturated rings. The van der Waals surface area contributed by atoms with Crippen LogP contribution in [0.3, 0.4) is 0 Å². The van der Waals surface area contributed by atoms with Gasteiger partial charge in [-0.2, -0.15) is 5.26 Å². The average Bonchev–Trinajstić information content (AvgIpc) is 2.42. The van der Waals surface area contributed by atoms with Gasteiger partial charge in [0.25, 0.3) is 0 Å². The number of benzene rings is 1. The molecule has 0 radical (unpaired) electrons. The van der Waals surface area contributed by atoms with Gasteiger partial charge in [-0.1, -0.05) is 32.0 Å². The number of ether oxygens (including phenoxy) is 1. The van der Waals surface area contributed by atoms with Crippen LogP contribution >= 0.6 is 0 Å². The molecule has 3 atom stereocenters. The summed E-state index contributed by atoms with van der Waals surface area (Å²) in [5.74, 6) is 0.958. The predicted molar refractivity (Wildman–Crippen MR) is 71.3 cm³/mol. The molecule has 96 valence electrons. The summed E-state index contributed by atoms with van der Waals surface area (Å²) in [6, 6.07) is 10.6. The van der Waals surface area contributed by atoms with Crippen molar-refractivity contribution in [2.24, 2.45) is 5.92 Å². The lowest BCUT2D eigenvalue weighted by atomic mass is 9.77. The number of nitrogens with one attached hydrogen (secondary N) is 1. The minimum atomic E-state index is -0.635. The second-order valence-corrected chi connectivity index (χ2v) is 5.08. The van der Waals surface area contributed by atoms with Crippen molar-refractivity contribution in [3.8, 4) is 11.8 Å². The Labute approximate surface area is 109 Å². The summed E-state index contributed by atoms with van der Waals surface area (Å²) in [5.41, 5.74) is 0.330. The Morgan fingerprint density at radius 2 is 2.28 bits per heavy atom. The van der Waals surface area contributed by atoms with E-state index in [-0.39, 0.29) is 5.92 Å². The average molecular weight is 244 g/mol. The van der Waals surface area contributed by atoms with E-state index in [1.54, 1.807) is 0 Å². The van der Waals surface area contributed by atoms with Crippen molar-refractivity contribution in [2.45, 2.75) is 38.8 Å². The van der Waals surface area contributed by atoms with Crippen LogP contribution in [0, 0.1) is 17.2 Å². The minimum absolute atomic E-state index is 0.131. The van der Waals surface area contributed by atoms with Crippen molar-refractivity contribution >= 4 is 0 Å². The Hall–Kier alpha value is -1.53. The highest BCUT2D eigenvalue weighted by Gasteiger charge is 2.44. The molecule has 0 aliphatic carbocycles. The second-order valence-electron chi connectivity index (χ2n) is 5.08. The van der Waals surface area contributed by atoms with E-state index in [0.29, 0.717) is 12.6 Å². The topological polar surface area (TPSA) is 45.0 Å². The second kappa shape index (κ2) is 4.99. The molecule has 0 amide bonds. The number of nitrogens with zero attached hydrogens (tertiary/aromatic N) is 1. The van der Waals surface area contributed by atoms with Crippen LogP contribution in [-0.4, -0.2) is 12.6 Å². The molecule has 0 aromatic heterocycles. The van der Waals surface area contributed by atoms with Gasteiger partial charge in [-0.25, -0.2) is 0 Å². The van der Waals surface area contributed by atoms with Gasteiger partial charge in [-0.05, 0) is 19.4 Å². The smallest absolute Gasteiger partial charge is 0.141 e. The molecule has 3 heteroatoms. The lowest BCUT2D eigenvalue weighted by Gasteiger charge is -2.40. The molecule has 1 heterocycles. The molecule has 0 spiro atoms. The van der Waals surface area contributed by atoms with E-state index < -0.39 is 5.54 Å². The Morgan fingerprint density at radius 1 is 1.56 bits per heavy atom. The third-order valence-electron chi connectivity index (χ3n) is 3.80. The molecule has 18 heavy (non-hydrogen) atoms. The molecule has 0 saturated heterocycles. The summed E-state index contributed by atoms with van der Waals surface area (Å²) in [6.07, 6.45) is 0.999. The van der Waals surface area contributed by atoms with Gasteiger partial charge >= 0.3 is 0 Å². The highest BCUT2D eigenvalue weighted by Crippen LogP contribution is 2.40. The minimum Gasteiger partial charge on any atom is -0.493 e. The quantitative estimate of drug-likeness (QED) is 0.889. The van der Waals surface area contributed by atoms with E-state index in [4.69, 9.17) is 4.74 Å². The van der Waals surface area contributed by atoms with E-state index in [0.717, 1.165) is 17.7 Å². The first kappa shape index (κ1) is 12.9. The Bertz CT molecular complexity index is 466. The molecule has 1 aromatic carbocycles. The third kappa shape index (κ3) is 1.97. The van der Waals surface area contributed by atoms with Crippen LogP contribution in [0.25, 0.3) is 0 Å². The van der Waals surface area contributed by atoms with Crippen LogP contribution in [0.4, 0.5) is 0 Å². The monoisotopic (exact) mass is 244 g/mol. The molecule has 0 saturated carbocycles. The number of fused-ring (bicyclic) bond motifs is 1. The van der Waals surface area contributed by atoms with Crippen LogP contribution in [0.2, 0.25) is 0 Å². The van der Waals surface area contributed by atoms with Crippen LogP contribution in [0.1, 0.15) is 32.8 Å². The molecular formula is C15H20N2O. The molecule has 2 rings (SSSR count). The normalized spacial score (nSPS) is 27.8. The largest absolute Gasteiger partial charge is 0.493 e. The molecular weight excluding hydrogens is 224 g/mol. The standard InChI is InChI=1S/C15H20N2O/c1-4-12(3)17-15(10-16)11(2)9-18-14-8-6-5-7-13(14)15/h5-8,11-12,17H,4,9H2,1-3H3. The summed E-state index contributed by atoms with van der Waals surface area (Å²) < 4.78 is 5.72. The Morgan fingerprint density at radius 3 is 2.94 bits per heavy atom. The van der Waals surface area contributed by atoms with Crippen molar-refractivity contribution < 1.29 is 4.74 Å². The SMILES string of the molecule is CCC(C)NC1(C#N)c2ccccc2OCC1C. The van der Waals surface area contributed by atoms with Crippen molar-refractivity contribution in [3.63, 3.8) is 0 Å². The van der Waals surface area contributed by atoms with Crippen LogP contribution in [0.5, 0.6) is 5.75 Å². The van der Waals surface area contributed by atoms with Crippen LogP contribution in [-0.2, 0) is 5.54 Å². The molecule has 1 aliphatic heterocycles. The summed E-state index contributed by atoms with van der Waals surface area (Å²) in [4.78, 5) is 0. The fourth-order valence-electron chi connectivity index (χ4n) is 2.44. The van der Waals surface area contributed by atoms with E-state index in [1.807, 2.05) is 24.3 Å². The van der Waals surface area contributed by atoms with Crippen LogP contribution in [0.15, 0.2) is 24.3 Å².